The smallest absolute Gasteiger partial charge is 0.194 e. The molecule has 98 valence electrons. The van der Waals surface area contributed by atoms with Gasteiger partial charge in [0.25, 0.3) is 0 Å². The fourth-order valence-electron chi connectivity index (χ4n) is 2.25. The summed E-state index contributed by atoms with van der Waals surface area (Å²) in [6.07, 6.45) is 0. The van der Waals surface area contributed by atoms with Crippen LogP contribution in [0.2, 0.25) is 5.02 Å². The van der Waals surface area contributed by atoms with Crippen LogP contribution in [0.15, 0.2) is 65.1 Å². The summed E-state index contributed by atoms with van der Waals surface area (Å²) >= 11 is 9.62. The third kappa shape index (κ3) is 2.26. The zero-order chi connectivity index (χ0) is 14.1. The molecule has 0 aliphatic rings. The van der Waals surface area contributed by atoms with E-state index in [2.05, 4.69) is 15.9 Å². The maximum absolute atomic E-state index is 12.7. The van der Waals surface area contributed by atoms with Crippen molar-refractivity contribution in [2.45, 2.75) is 0 Å². The van der Waals surface area contributed by atoms with Crippen molar-refractivity contribution in [3.05, 3.63) is 81.3 Å². The van der Waals surface area contributed by atoms with Gasteiger partial charge in [-0.25, -0.2) is 0 Å². The van der Waals surface area contributed by atoms with Gasteiger partial charge in [-0.3, -0.25) is 4.79 Å². The minimum absolute atomic E-state index is 0.00894. The lowest BCUT2D eigenvalue weighted by Crippen LogP contribution is -2.03. The van der Waals surface area contributed by atoms with Gasteiger partial charge in [0.15, 0.2) is 5.78 Å². The zero-order valence-electron chi connectivity index (χ0n) is 10.4. The average Bonchev–Trinajstić information content (AvgIpc) is 2.48. The summed E-state index contributed by atoms with van der Waals surface area (Å²) in [7, 11) is 0. The highest BCUT2D eigenvalue weighted by Gasteiger charge is 2.15. The quantitative estimate of drug-likeness (QED) is 0.562. The molecule has 0 atom stereocenters. The first-order chi connectivity index (χ1) is 9.68. The molecule has 0 aliphatic carbocycles. The van der Waals surface area contributed by atoms with E-state index in [1.54, 1.807) is 12.1 Å². The van der Waals surface area contributed by atoms with Crippen LogP contribution in [0.4, 0.5) is 0 Å². The number of benzene rings is 3. The van der Waals surface area contributed by atoms with E-state index in [1.165, 1.54) is 0 Å². The highest BCUT2D eigenvalue weighted by molar-refractivity contribution is 9.10. The van der Waals surface area contributed by atoms with Crippen LogP contribution in [0.5, 0.6) is 0 Å². The van der Waals surface area contributed by atoms with Crippen molar-refractivity contribution < 1.29 is 4.79 Å². The molecule has 3 rings (SSSR count). The monoisotopic (exact) mass is 344 g/mol. The van der Waals surface area contributed by atoms with E-state index in [4.69, 9.17) is 11.6 Å². The Morgan fingerprint density at radius 3 is 2.20 bits per heavy atom. The average molecular weight is 346 g/mol. The lowest BCUT2D eigenvalue weighted by atomic mass is 9.97. The van der Waals surface area contributed by atoms with E-state index in [-0.39, 0.29) is 5.78 Å². The lowest BCUT2D eigenvalue weighted by molar-refractivity contribution is 0.103. The van der Waals surface area contributed by atoms with Gasteiger partial charge in [0.1, 0.15) is 0 Å². The topological polar surface area (TPSA) is 17.1 Å². The molecule has 0 spiro atoms. The Bertz CT molecular complexity index is 811. The molecule has 3 aromatic rings. The summed E-state index contributed by atoms with van der Waals surface area (Å²) in [5.74, 6) is -0.00894. The lowest BCUT2D eigenvalue weighted by Gasteiger charge is -2.08. The highest BCUT2D eigenvalue weighted by Crippen LogP contribution is 2.29. The molecule has 0 saturated heterocycles. The molecular weight excluding hydrogens is 336 g/mol. The van der Waals surface area contributed by atoms with E-state index in [0.717, 1.165) is 15.2 Å². The Labute approximate surface area is 130 Å². The normalized spacial score (nSPS) is 10.7. The van der Waals surface area contributed by atoms with Crippen molar-refractivity contribution in [2.24, 2.45) is 0 Å². The van der Waals surface area contributed by atoms with E-state index in [9.17, 15) is 4.79 Å². The van der Waals surface area contributed by atoms with Crippen molar-refractivity contribution in [1.82, 2.24) is 0 Å². The van der Waals surface area contributed by atoms with Gasteiger partial charge in [-0.1, -0.05) is 63.9 Å². The number of hydrogen-bond donors (Lipinski definition) is 0. The number of rotatable bonds is 2. The van der Waals surface area contributed by atoms with Crippen LogP contribution in [-0.2, 0) is 0 Å². The summed E-state index contributed by atoms with van der Waals surface area (Å²) in [5, 5.41) is 2.43. The third-order valence-electron chi connectivity index (χ3n) is 3.23. The second-order valence-corrected chi connectivity index (χ2v) is 5.71. The molecule has 20 heavy (non-hydrogen) atoms. The molecular formula is C17H10BrClO. The molecule has 0 heterocycles. The molecule has 0 radical (unpaired) electrons. The number of carbonyl (C=O) groups excluding carboxylic acids is 1. The molecule has 0 bridgehead atoms. The number of hydrogen-bond acceptors (Lipinski definition) is 1. The van der Waals surface area contributed by atoms with Gasteiger partial charge in [0.05, 0.1) is 0 Å². The SMILES string of the molecule is O=C(c1ccccc1Br)c1ccc(Cl)c2ccccc12. The number of ketones is 1. The van der Waals surface area contributed by atoms with Crippen molar-refractivity contribution in [3.8, 4) is 0 Å². The predicted molar refractivity (Wildman–Crippen MR) is 86.5 cm³/mol. The Hall–Kier alpha value is -1.64. The number of carbonyl (C=O) groups is 1. The van der Waals surface area contributed by atoms with Gasteiger partial charge in [0.2, 0.25) is 0 Å². The highest BCUT2D eigenvalue weighted by atomic mass is 79.9. The van der Waals surface area contributed by atoms with Crippen LogP contribution < -0.4 is 0 Å². The molecule has 0 aromatic heterocycles. The van der Waals surface area contributed by atoms with E-state index >= 15 is 0 Å². The Morgan fingerprint density at radius 1 is 0.800 bits per heavy atom. The minimum Gasteiger partial charge on any atom is -0.289 e. The van der Waals surface area contributed by atoms with Crippen LogP contribution in [0.25, 0.3) is 10.8 Å². The largest absolute Gasteiger partial charge is 0.289 e. The van der Waals surface area contributed by atoms with Crippen molar-refractivity contribution >= 4 is 44.1 Å². The van der Waals surface area contributed by atoms with E-state index < -0.39 is 0 Å². The molecule has 0 saturated carbocycles. The fraction of sp³-hybridized carbons (Fsp3) is 0. The van der Waals surface area contributed by atoms with Gasteiger partial charge < -0.3 is 0 Å². The summed E-state index contributed by atoms with van der Waals surface area (Å²) in [4.78, 5) is 12.7. The molecule has 1 nitrogen and oxygen atoms in total. The molecule has 0 unspecified atom stereocenters. The summed E-state index contributed by atoms with van der Waals surface area (Å²) in [6, 6.07) is 18.7. The van der Waals surface area contributed by atoms with E-state index in [0.29, 0.717) is 16.1 Å². The van der Waals surface area contributed by atoms with E-state index in [1.807, 2.05) is 48.5 Å². The number of fused-ring (bicyclic) bond motifs is 1. The van der Waals surface area contributed by atoms with Crippen LogP contribution in [-0.4, -0.2) is 5.78 Å². The van der Waals surface area contributed by atoms with Crippen LogP contribution in [0.3, 0.4) is 0 Å². The Balaban J connectivity index is 2.23. The standard InChI is InChI=1S/C17H10BrClO/c18-15-8-4-3-7-14(15)17(20)13-9-10-16(19)12-6-2-1-5-11(12)13/h1-10H. The van der Waals surface area contributed by atoms with Crippen LogP contribution in [0, 0.1) is 0 Å². The maximum Gasteiger partial charge on any atom is 0.194 e. The molecule has 3 heteroatoms. The summed E-state index contributed by atoms with van der Waals surface area (Å²) in [5.41, 5.74) is 1.32. The van der Waals surface area contributed by atoms with Gasteiger partial charge in [-0.05, 0) is 29.7 Å². The molecule has 0 aliphatic heterocycles. The zero-order valence-corrected chi connectivity index (χ0v) is 12.8. The summed E-state index contributed by atoms with van der Waals surface area (Å²) < 4.78 is 0.795. The first kappa shape index (κ1) is 13.3. The van der Waals surface area contributed by atoms with Gasteiger partial charge in [0, 0.05) is 26.0 Å². The van der Waals surface area contributed by atoms with Crippen molar-refractivity contribution in [1.29, 1.82) is 0 Å². The first-order valence-corrected chi connectivity index (χ1v) is 7.32. The maximum atomic E-state index is 12.7. The third-order valence-corrected chi connectivity index (χ3v) is 4.26. The van der Waals surface area contributed by atoms with Crippen molar-refractivity contribution in [3.63, 3.8) is 0 Å². The molecule has 0 N–H and O–H groups in total. The Kier molecular flexibility index (Phi) is 3.60. The van der Waals surface area contributed by atoms with Crippen LogP contribution >= 0.6 is 27.5 Å². The second kappa shape index (κ2) is 5.39. The number of halogens is 2. The van der Waals surface area contributed by atoms with Gasteiger partial charge in [-0.15, -0.1) is 0 Å². The first-order valence-electron chi connectivity index (χ1n) is 6.15. The molecule has 3 aromatic carbocycles. The van der Waals surface area contributed by atoms with Crippen LogP contribution in [0.1, 0.15) is 15.9 Å². The second-order valence-electron chi connectivity index (χ2n) is 4.45. The molecule has 0 amide bonds. The van der Waals surface area contributed by atoms with Crippen molar-refractivity contribution in [2.75, 3.05) is 0 Å². The van der Waals surface area contributed by atoms with Gasteiger partial charge in [-0.2, -0.15) is 0 Å². The molecule has 0 fully saturated rings. The predicted octanol–water partition coefficient (Wildman–Crippen LogP) is 5.49. The minimum atomic E-state index is -0.00894. The Morgan fingerprint density at radius 2 is 1.45 bits per heavy atom. The van der Waals surface area contributed by atoms with Gasteiger partial charge >= 0.3 is 0 Å². The summed E-state index contributed by atoms with van der Waals surface area (Å²) in [6.45, 7) is 0. The fourth-order valence-corrected chi connectivity index (χ4v) is 2.94.